The summed E-state index contributed by atoms with van der Waals surface area (Å²) in [4.78, 5) is 24.7. The molecule has 2 rings (SSSR count). The van der Waals surface area contributed by atoms with E-state index >= 15 is 0 Å². The maximum atomic E-state index is 11.9. The number of anilines is 1. The number of rotatable bonds is 3. The number of hydrogen-bond donors (Lipinski definition) is 1. The Labute approximate surface area is 113 Å². The highest BCUT2D eigenvalue weighted by Crippen LogP contribution is 2.13. The van der Waals surface area contributed by atoms with Gasteiger partial charge in [0.25, 0.3) is 5.91 Å². The molecule has 0 saturated carbocycles. The zero-order valence-electron chi connectivity index (χ0n) is 11.8. The van der Waals surface area contributed by atoms with Gasteiger partial charge in [0.2, 0.25) is 0 Å². The van der Waals surface area contributed by atoms with Crippen molar-refractivity contribution in [2.75, 3.05) is 38.1 Å². The molecule has 6 heteroatoms. The van der Waals surface area contributed by atoms with Gasteiger partial charge in [0.15, 0.2) is 0 Å². The van der Waals surface area contributed by atoms with E-state index in [9.17, 15) is 4.79 Å². The molecular formula is C13H21N5O. The zero-order chi connectivity index (χ0) is 13.8. The lowest BCUT2D eigenvalue weighted by Gasteiger charge is -2.33. The first-order chi connectivity index (χ1) is 9.06. The van der Waals surface area contributed by atoms with Crippen LogP contribution < -0.4 is 10.2 Å². The lowest BCUT2D eigenvalue weighted by atomic mass is 10.3. The summed E-state index contributed by atoms with van der Waals surface area (Å²) in [6.07, 6.45) is 1.46. The average Bonchev–Trinajstić information content (AvgIpc) is 2.39. The molecule has 1 aromatic heterocycles. The molecule has 1 saturated heterocycles. The van der Waals surface area contributed by atoms with Gasteiger partial charge in [0.1, 0.15) is 17.8 Å². The van der Waals surface area contributed by atoms with E-state index in [4.69, 9.17) is 0 Å². The summed E-state index contributed by atoms with van der Waals surface area (Å²) in [5.41, 5.74) is 0.428. The Kier molecular flexibility index (Phi) is 4.31. The van der Waals surface area contributed by atoms with E-state index in [1.54, 1.807) is 6.07 Å². The molecule has 104 valence electrons. The highest BCUT2D eigenvalue weighted by molar-refractivity contribution is 5.93. The molecule has 0 aromatic carbocycles. The van der Waals surface area contributed by atoms with Gasteiger partial charge in [-0.2, -0.15) is 0 Å². The summed E-state index contributed by atoms with van der Waals surface area (Å²) in [5, 5.41) is 2.84. The number of carbonyl (C=O) groups excluding carboxylic acids is 1. The van der Waals surface area contributed by atoms with Crippen LogP contribution in [0, 0.1) is 0 Å². The summed E-state index contributed by atoms with van der Waals surface area (Å²) >= 11 is 0. The number of nitrogens with one attached hydrogen (secondary N) is 1. The van der Waals surface area contributed by atoms with Crippen LogP contribution in [0.1, 0.15) is 24.3 Å². The maximum Gasteiger partial charge on any atom is 0.270 e. The Morgan fingerprint density at radius 3 is 2.58 bits per heavy atom. The van der Waals surface area contributed by atoms with Gasteiger partial charge in [-0.3, -0.25) is 4.79 Å². The van der Waals surface area contributed by atoms with Crippen LogP contribution in [0.15, 0.2) is 12.4 Å². The second-order valence-electron chi connectivity index (χ2n) is 5.18. The minimum Gasteiger partial charge on any atom is -0.354 e. The molecule has 0 bridgehead atoms. The van der Waals surface area contributed by atoms with Crippen LogP contribution in [-0.2, 0) is 0 Å². The van der Waals surface area contributed by atoms with E-state index in [2.05, 4.69) is 32.1 Å². The fourth-order valence-electron chi connectivity index (χ4n) is 2.02. The first-order valence-corrected chi connectivity index (χ1v) is 6.62. The number of aromatic nitrogens is 2. The van der Waals surface area contributed by atoms with E-state index in [1.807, 2.05) is 13.8 Å². The lowest BCUT2D eigenvalue weighted by Crippen LogP contribution is -2.45. The standard InChI is InChI=1S/C13H21N5O/c1-10(2)16-13(19)11-8-12(15-9-14-11)18-6-4-17(3)5-7-18/h8-10H,4-7H2,1-3H3,(H,16,19). The van der Waals surface area contributed by atoms with Crippen LogP contribution in [0.25, 0.3) is 0 Å². The van der Waals surface area contributed by atoms with Crippen LogP contribution in [0.4, 0.5) is 5.82 Å². The average molecular weight is 263 g/mol. The Balaban J connectivity index is 2.08. The molecule has 0 unspecified atom stereocenters. The molecule has 19 heavy (non-hydrogen) atoms. The van der Waals surface area contributed by atoms with E-state index in [0.29, 0.717) is 5.69 Å². The summed E-state index contributed by atoms with van der Waals surface area (Å²) in [7, 11) is 2.11. The quantitative estimate of drug-likeness (QED) is 0.853. The number of hydrogen-bond acceptors (Lipinski definition) is 5. The van der Waals surface area contributed by atoms with Crippen molar-refractivity contribution in [3.8, 4) is 0 Å². The molecule has 1 aromatic rings. The van der Waals surface area contributed by atoms with Gasteiger partial charge in [-0.25, -0.2) is 9.97 Å². The van der Waals surface area contributed by atoms with Gasteiger partial charge in [0, 0.05) is 38.3 Å². The van der Waals surface area contributed by atoms with Crippen LogP contribution in [0.2, 0.25) is 0 Å². The van der Waals surface area contributed by atoms with Gasteiger partial charge in [-0.1, -0.05) is 0 Å². The molecule has 0 radical (unpaired) electrons. The predicted octanol–water partition coefficient (Wildman–Crippen LogP) is 0.367. The molecule has 0 spiro atoms. The molecule has 2 heterocycles. The van der Waals surface area contributed by atoms with Crippen molar-refractivity contribution in [2.24, 2.45) is 0 Å². The molecule has 1 fully saturated rings. The van der Waals surface area contributed by atoms with Crippen molar-refractivity contribution in [1.82, 2.24) is 20.2 Å². The Bertz CT molecular complexity index is 440. The lowest BCUT2D eigenvalue weighted by molar-refractivity contribution is 0.0938. The van der Waals surface area contributed by atoms with E-state index < -0.39 is 0 Å². The highest BCUT2D eigenvalue weighted by atomic mass is 16.1. The van der Waals surface area contributed by atoms with Crippen molar-refractivity contribution >= 4 is 11.7 Å². The van der Waals surface area contributed by atoms with Crippen molar-refractivity contribution in [3.63, 3.8) is 0 Å². The minimum atomic E-state index is -0.146. The van der Waals surface area contributed by atoms with Crippen molar-refractivity contribution in [1.29, 1.82) is 0 Å². The monoisotopic (exact) mass is 263 g/mol. The maximum absolute atomic E-state index is 11.9. The predicted molar refractivity (Wildman–Crippen MR) is 74.3 cm³/mol. The fourth-order valence-corrected chi connectivity index (χ4v) is 2.02. The van der Waals surface area contributed by atoms with Gasteiger partial charge in [0.05, 0.1) is 0 Å². The fraction of sp³-hybridized carbons (Fsp3) is 0.615. The van der Waals surface area contributed by atoms with Crippen molar-refractivity contribution < 1.29 is 4.79 Å². The van der Waals surface area contributed by atoms with E-state index in [0.717, 1.165) is 32.0 Å². The number of piperazine rings is 1. The molecule has 0 aliphatic carbocycles. The highest BCUT2D eigenvalue weighted by Gasteiger charge is 2.17. The second kappa shape index (κ2) is 5.97. The topological polar surface area (TPSA) is 61.4 Å². The van der Waals surface area contributed by atoms with Gasteiger partial charge in [-0.05, 0) is 20.9 Å². The number of carbonyl (C=O) groups is 1. The third kappa shape index (κ3) is 3.64. The minimum absolute atomic E-state index is 0.106. The van der Waals surface area contributed by atoms with Crippen molar-refractivity contribution in [2.45, 2.75) is 19.9 Å². The van der Waals surface area contributed by atoms with Crippen LogP contribution >= 0.6 is 0 Å². The normalized spacial score (nSPS) is 16.7. The summed E-state index contributed by atoms with van der Waals surface area (Å²) < 4.78 is 0. The molecular weight excluding hydrogens is 242 g/mol. The number of amides is 1. The molecule has 6 nitrogen and oxygen atoms in total. The van der Waals surface area contributed by atoms with E-state index in [-0.39, 0.29) is 11.9 Å². The van der Waals surface area contributed by atoms with Gasteiger partial charge >= 0.3 is 0 Å². The summed E-state index contributed by atoms with van der Waals surface area (Å²) in [6, 6.07) is 1.87. The van der Waals surface area contributed by atoms with E-state index in [1.165, 1.54) is 6.33 Å². The molecule has 1 amide bonds. The SMILES string of the molecule is CC(C)NC(=O)c1cc(N2CCN(C)CC2)ncn1. The molecule has 1 N–H and O–H groups in total. The second-order valence-corrected chi connectivity index (χ2v) is 5.18. The van der Waals surface area contributed by atoms with Gasteiger partial charge < -0.3 is 15.1 Å². The summed E-state index contributed by atoms with van der Waals surface area (Å²) in [6.45, 7) is 7.74. The van der Waals surface area contributed by atoms with Crippen molar-refractivity contribution in [3.05, 3.63) is 18.1 Å². The first kappa shape index (κ1) is 13.7. The van der Waals surface area contributed by atoms with Crippen LogP contribution in [0.5, 0.6) is 0 Å². The number of nitrogens with zero attached hydrogens (tertiary/aromatic N) is 4. The number of likely N-dealkylation sites (N-methyl/N-ethyl adjacent to an activating group) is 1. The Morgan fingerprint density at radius 2 is 1.95 bits per heavy atom. The molecule has 1 aliphatic heterocycles. The Morgan fingerprint density at radius 1 is 1.26 bits per heavy atom. The van der Waals surface area contributed by atoms with Crippen LogP contribution in [-0.4, -0.2) is 60.0 Å². The molecule has 0 atom stereocenters. The third-order valence-corrected chi connectivity index (χ3v) is 3.13. The Hall–Kier alpha value is -1.69. The molecule has 1 aliphatic rings. The first-order valence-electron chi connectivity index (χ1n) is 6.62. The summed E-state index contributed by atoms with van der Waals surface area (Å²) in [5.74, 6) is 0.685. The zero-order valence-corrected chi connectivity index (χ0v) is 11.8. The third-order valence-electron chi connectivity index (χ3n) is 3.13. The largest absolute Gasteiger partial charge is 0.354 e. The van der Waals surface area contributed by atoms with Crippen LogP contribution in [0.3, 0.4) is 0 Å². The van der Waals surface area contributed by atoms with Gasteiger partial charge in [-0.15, -0.1) is 0 Å². The smallest absolute Gasteiger partial charge is 0.270 e.